The van der Waals surface area contributed by atoms with Crippen molar-refractivity contribution in [2.45, 2.75) is 19.8 Å². The summed E-state index contributed by atoms with van der Waals surface area (Å²) < 4.78 is 30.2. The summed E-state index contributed by atoms with van der Waals surface area (Å²) in [5.41, 5.74) is 6.84. The molecule has 2 rings (SSSR count). The standard InChI is InChI=1S/C15H23N3O4S.ClH/c1-3-23(20,21)18-8-6-11(7-9-18)15(19)17-14-10-12(22-2)4-5-13(14)16;/h4-5,10-11H,3,6-9,16H2,1-2H3,(H,17,19);1H. The van der Waals surface area contributed by atoms with Crippen molar-refractivity contribution in [3.8, 4) is 5.75 Å². The van der Waals surface area contributed by atoms with Crippen LogP contribution in [0.1, 0.15) is 19.8 Å². The Morgan fingerprint density at radius 3 is 2.54 bits per heavy atom. The van der Waals surface area contributed by atoms with Gasteiger partial charge in [-0.1, -0.05) is 0 Å². The van der Waals surface area contributed by atoms with E-state index in [-0.39, 0.29) is 30.0 Å². The molecule has 1 aliphatic rings. The van der Waals surface area contributed by atoms with Gasteiger partial charge in [0.15, 0.2) is 0 Å². The summed E-state index contributed by atoms with van der Waals surface area (Å²) in [6, 6.07) is 5.06. The zero-order valence-corrected chi connectivity index (χ0v) is 15.5. The third kappa shape index (κ3) is 4.75. The number of hydrogen-bond acceptors (Lipinski definition) is 5. The smallest absolute Gasteiger partial charge is 0.227 e. The molecule has 1 fully saturated rings. The topological polar surface area (TPSA) is 102 Å². The van der Waals surface area contributed by atoms with Crippen LogP contribution in [0.2, 0.25) is 0 Å². The number of nitrogen functional groups attached to an aromatic ring is 1. The molecular formula is C15H24ClN3O4S. The third-order valence-corrected chi connectivity index (χ3v) is 5.98. The Hall–Kier alpha value is -1.51. The first-order valence-corrected chi connectivity index (χ1v) is 9.20. The van der Waals surface area contributed by atoms with E-state index in [9.17, 15) is 13.2 Å². The SMILES string of the molecule is CCS(=O)(=O)N1CCC(C(=O)Nc2cc(OC)ccc2N)CC1.Cl. The van der Waals surface area contributed by atoms with Crippen molar-refractivity contribution >= 4 is 39.7 Å². The summed E-state index contributed by atoms with van der Waals surface area (Å²) in [6.45, 7) is 2.38. The number of piperidine rings is 1. The van der Waals surface area contributed by atoms with Crippen LogP contribution in [0.25, 0.3) is 0 Å². The molecule has 0 radical (unpaired) electrons. The normalized spacial score (nSPS) is 16.2. The van der Waals surface area contributed by atoms with E-state index in [0.29, 0.717) is 43.1 Å². The molecule has 1 aromatic carbocycles. The van der Waals surface area contributed by atoms with E-state index < -0.39 is 10.0 Å². The Kier molecular flexibility index (Phi) is 7.31. The molecule has 3 N–H and O–H groups in total. The zero-order valence-electron chi connectivity index (χ0n) is 13.8. The number of rotatable bonds is 5. The molecule has 0 spiro atoms. The van der Waals surface area contributed by atoms with Gasteiger partial charge in [0, 0.05) is 25.1 Å². The van der Waals surface area contributed by atoms with Gasteiger partial charge in [-0.15, -0.1) is 12.4 Å². The van der Waals surface area contributed by atoms with E-state index in [4.69, 9.17) is 10.5 Å². The maximum absolute atomic E-state index is 12.4. The number of anilines is 2. The number of nitrogens with two attached hydrogens (primary N) is 1. The summed E-state index contributed by atoms with van der Waals surface area (Å²) in [4.78, 5) is 12.4. The summed E-state index contributed by atoms with van der Waals surface area (Å²) in [5.74, 6) is 0.338. The second-order valence-electron chi connectivity index (χ2n) is 5.52. The van der Waals surface area contributed by atoms with E-state index in [1.54, 1.807) is 32.2 Å². The fraction of sp³-hybridized carbons (Fsp3) is 0.533. The molecule has 0 aliphatic carbocycles. The van der Waals surface area contributed by atoms with E-state index in [1.807, 2.05) is 0 Å². The lowest BCUT2D eigenvalue weighted by Crippen LogP contribution is -2.42. The van der Waals surface area contributed by atoms with Gasteiger partial charge in [-0.3, -0.25) is 4.79 Å². The summed E-state index contributed by atoms with van der Waals surface area (Å²) in [5, 5.41) is 2.81. The molecule has 0 unspecified atom stereocenters. The summed E-state index contributed by atoms with van der Waals surface area (Å²) in [7, 11) is -1.64. The summed E-state index contributed by atoms with van der Waals surface area (Å²) >= 11 is 0. The molecule has 1 amide bonds. The molecule has 7 nitrogen and oxygen atoms in total. The lowest BCUT2D eigenvalue weighted by Gasteiger charge is -2.30. The monoisotopic (exact) mass is 377 g/mol. The molecule has 1 aromatic rings. The Bertz CT molecular complexity index is 673. The molecule has 1 heterocycles. The predicted molar refractivity (Wildman–Crippen MR) is 97.0 cm³/mol. The van der Waals surface area contributed by atoms with Crippen molar-refractivity contribution in [2.75, 3.05) is 37.0 Å². The average Bonchev–Trinajstić information content (AvgIpc) is 2.57. The van der Waals surface area contributed by atoms with Crippen molar-refractivity contribution in [2.24, 2.45) is 5.92 Å². The molecule has 1 saturated heterocycles. The zero-order chi connectivity index (χ0) is 17.0. The van der Waals surface area contributed by atoms with Crippen LogP contribution < -0.4 is 15.8 Å². The lowest BCUT2D eigenvalue weighted by atomic mass is 9.97. The quantitative estimate of drug-likeness (QED) is 0.760. The number of halogens is 1. The maximum atomic E-state index is 12.4. The highest BCUT2D eigenvalue weighted by Crippen LogP contribution is 2.27. The van der Waals surface area contributed by atoms with Gasteiger partial charge in [-0.25, -0.2) is 12.7 Å². The number of nitrogens with one attached hydrogen (secondary N) is 1. The number of hydrogen-bond donors (Lipinski definition) is 2. The highest BCUT2D eigenvalue weighted by Gasteiger charge is 2.30. The Morgan fingerprint density at radius 2 is 2.00 bits per heavy atom. The number of methoxy groups -OCH3 is 1. The molecule has 136 valence electrons. The van der Waals surface area contributed by atoms with Gasteiger partial charge in [-0.05, 0) is 31.9 Å². The van der Waals surface area contributed by atoms with Crippen molar-refractivity contribution in [3.63, 3.8) is 0 Å². The first-order chi connectivity index (χ1) is 10.9. The third-order valence-electron chi connectivity index (χ3n) is 4.10. The molecule has 0 atom stereocenters. The molecule has 1 aliphatic heterocycles. The second-order valence-corrected chi connectivity index (χ2v) is 7.77. The minimum absolute atomic E-state index is 0. The van der Waals surface area contributed by atoms with Crippen molar-refractivity contribution < 1.29 is 17.9 Å². The Labute approximate surface area is 149 Å². The largest absolute Gasteiger partial charge is 0.497 e. The first-order valence-electron chi connectivity index (χ1n) is 7.59. The number of carbonyl (C=O) groups is 1. The van der Waals surface area contributed by atoms with Gasteiger partial charge >= 0.3 is 0 Å². The number of amides is 1. The van der Waals surface area contributed by atoms with Gasteiger partial charge in [0.2, 0.25) is 15.9 Å². The lowest BCUT2D eigenvalue weighted by molar-refractivity contribution is -0.120. The Morgan fingerprint density at radius 1 is 1.38 bits per heavy atom. The number of carbonyl (C=O) groups excluding carboxylic acids is 1. The van der Waals surface area contributed by atoms with Gasteiger partial charge in [0.25, 0.3) is 0 Å². The molecule has 0 saturated carbocycles. The molecule has 9 heteroatoms. The summed E-state index contributed by atoms with van der Waals surface area (Å²) in [6.07, 6.45) is 1.02. The van der Waals surface area contributed by atoms with Gasteiger partial charge in [0.1, 0.15) is 5.75 Å². The van der Waals surface area contributed by atoms with Crippen LogP contribution in [0.5, 0.6) is 5.75 Å². The molecule has 0 aromatic heterocycles. The van der Waals surface area contributed by atoms with E-state index in [2.05, 4.69) is 5.32 Å². The number of ether oxygens (including phenoxy) is 1. The van der Waals surface area contributed by atoms with Gasteiger partial charge in [0.05, 0.1) is 24.2 Å². The van der Waals surface area contributed by atoms with Crippen LogP contribution in [0.15, 0.2) is 18.2 Å². The first kappa shape index (κ1) is 20.5. The second kappa shape index (κ2) is 8.55. The van der Waals surface area contributed by atoms with Crippen LogP contribution in [0.4, 0.5) is 11.4 Å². The molecule has 24 heavy (non-hydrogen) atoms. The molecular weight excluding hydrogens is 354 g/mol. The van der Waals surface area contributed by atoms with Crippen LogP contribution in [-0.2, 0) is 14.8 Å². The minimum Gasteiger partial charge on any atom is -0.497 e. The van der Waals surface area contributed by atoms with Gasteiger partial charge in [-0.2, -0.15) is 0 Å². The fourth-order valence-electron chi connectivity index (χ4n) is 2.58. The Balaban J connectivity index is 0.00000288. The van der Waals surface area contributed by atoms with Crippen molar-refractivity contribution in [1.29, 1.82) is 0 Å². The number of benzene rings is 1. The number of nitrogens with zero attached hydrogens (tertiary/aromatic N) is 1. The number of sulfonamides is 1. The molecule has 0 bridgehead atoms. The van der Waals surface area contributed by atoms with Crippen LogP contribution in [0.3, 0.4) is 0 Å². The highest BCUT2D eigenvalue weighted by molar-refractivity contribution is 7.89. The van der Waals surface area contributed by atoms with Crippen LogP contribution >= 0.6 is 12.4 Å². The van der Waals surface area contributed by atoms with E-state index in [1.165, 1.54) is 4.31 Å². The van der Waals surface area contributed by atoms with Crippen LogP contribution in [-0.4, -0.2) is 44.6 Å². The highest BCUT2D eigenvalue weighted by atomic mass is 35.5. The van der Waals surface area contributed by atoms with E-state index in [0.717, 1.165) is 0 Å². The van der Waals surface area contributed by atoms with Crippen LogP contribution in [0, 0.1) is 5.92 Å². The minimum atomic E-state index is -3.18. The van der Waals surface area contributed by atoms with Gasteiger partial charge < -0.3 is 15.8 Å². The fourth-order valence-corrected chi connectivity index (χ4v) is 3.72. The van der Waals surface area contributed by atoms with Crippen molar-refractivity contribution in [3.05, 3.63) is 18.2 Å². The average molecular weight is 378 g/mol. The maximum Gasteiger partial charge on any atom is 0.227 e. The predicted octanol–water partition coefficient (Wildman–Crippen LogP) is 1.70. The van der Waals surface area contributed by atoms with Crippen molar-refractivity contribution in [1.82, 2.24) is 4.31 Å². The van der Waals surface area contributed by atoms with E-state index >= 15 is 0 Å².